The van der Waals surface area contributed by atoms with Crippen LogP contribution in [0.4, 0.5) is 0 Å². The summed E-state index contributed by atoms with van der Waals surface area (Å²) in [5, 5.41) is 3.21. The van der Waals surface area contributed by atoms with Gasteiger partial charge in [0, 0.05) is 11.5 Å². The van der Waals surface area contributed by atoms with Crippen LogP contribution in [-0.4, -0.2) is 18.0 Å². The molecule has 1 fully saturated rings. The number of rotatable bonds is 5. The van der Waals surface area contributed by atoms with Gasteiger partial charge in [-0.15, -0.1) is 0 Å². The molecule has 0 aromatic carbocycles. The minimum absolute atomic E-state index is 0.116. The van der Waals surface area contributed by atoms with E-state index in [1.807, 2.05) is 0 Å². The van der Waals surface area contributed by atoms with Gasteiger partial charge in [-0.05, 0) is 57.9 Å². The Morgan fingerprint density at radius 3 is 2.41 bits per heavy atom. The highest BCUT2D eigenvalue weighted by Crippen LogP contribution is 2.29. The van der Waals surface area contributed by atoms with E-state index in [1.54, 1.807) is 0 Å². The van der Waals surface area contributed by atoms with Gasteiger partial charge in [0.15, 0.2) is 0 Å². The van der Waals surface area contributed by atoms with E-state index in [0.29, 0.717) is 6.54 Å². The van der Waals surface area contributed by atoms with Crippen molar-refractivity contribution >= 4 is 5.91 Å². The molecule has 1 atom stereocenters. The molecule has 0 bridgehead atoms. The second-order valence-corrected chi connectivity index (χ2v) is 5.90. The smallest absolute Gasteiger partial charge is 0.223 e. The van der Waals surface area contributed by atoms with Crippen molar-refractivity contribution in [3.8, 4) is 0 Å². The van der Waals surface area contributed by atoms with E-state index in [0.717, 1.165) is 31.6 Å². The number of amides is 1. The third-order valence-electron chi connectivity index (χ3n) is 4.29. The van der Waals surface area contributed by atoms with E-state index in [4.69, 9.17) is 5.73 Å². The van der Waals surface area contributed by atoms with E-state index < -0.39 is 0 Å². The van der Waals surface area contributed by atoms with Crippen LogP contribution in [0.2, 0.25) is 0 Å². The topological polar surface area (TPSA) is 55.1 Å². The second-order valence-electron chi connectivity index (χ2n) is 5.90. The Balaban J connectivity index is 2.47. The molecule has 0 radical (unpaired) electrons. The highest BCUT2D eigenvalue weighted by atomic mass is 16.2. The third-order valence-corrected chi connectivity index (χ3v) is 4.29. The molecule has 0 saturated heterocycles. The van der Waals surface area contributed by atoms with E-state index in [2.05, 4.69) is 26.1 Å². The molecular weight excluding hydrogens is 212 g/mol. The normalized spacial score (nSPS) is 28.5. The third kappa shape index (κ3) is 4.30. The molecule has 3 nitrogen and oxygen atoms in total. The minimum atomic E-state index is -0.116. The van der Waals surface area contributed by atoms with Gasteiger partial charge in [-0.25, -0.2) is 0 Å². The van der Waals surface area contributed by atoms with Crippen LogP contribution in [0.25, 0.3) is 0 Å². The van der Waals surface area contributed by atoms with Crippen LogP contribution < -0.4 is 11.1 Å². The fraction of sp³-hybridized carbons (Fsp3) is 0.929. The molecule has 1 aliphatic rings. The maximum Gasteiger partial charge on any atom is 0.223 e. The van der Waals surface area contributed by atoms with Crippen molar-refractivity contribution in [2.45, 2.75) is 64.8 Å². The Bertz CT molecular complexity index is 247. The van der Waals surface area contributed by atoms with E-state index in [1.165, 1.54) is 12.8 Å². The highest BCUT2D eigenvalue weighted by Gasteiger charge is 2.29. The van der Waals surface area contributed by atoms with E-state index in [9.17, 15) is 4.79 Å². The molecule has 0 aromatic heterocycles. The number of nitrogens with two attached hydrogens (primary N) is 1. The van der Waals surface area contributed by atoms with Gasteiger partial charge in [0.05, 0.1) is 0 Å². The van der Waals surface area contributed by atoms with Crippen LogP contribution in [0.3, 0.4) is 0 Å². The van der Waals surface area contributed by atoms with Gasteiger partial charge in [0.1, 0.15) is 0 Å². The first-order chi connectivity index (χ1) is 8.00. The van der Waals surface area contributed by atoms with Crippen molar-refractivity contribution in [2.75, 3.05) is 6.54 Å². The summed E-state index contributed by atoms with van der Waals surface area (Å²) >= 11 is 0. The quantitative estimate of drug-likeness (QED) is 0.775. The summed E-state index contributed by atoms with van der Waals surface area (Å²) in [6.07, 6.45) is 6.29. The predicted molar refractivity (Wildman–Crippen MR) is 71.6 cm³/mol. The van der Waals surface area contributed by atoms with Crippen LogP contribution in [0.15, 0.2) is 0 Å². The van der Waals surface area contributed by atoms with Gasteiger partial charge >= 0.3 is 0 Å². The molecule has 100 valence electrons. The first-order valence-electron chi connectivity index (χ1n) is 7.03. The Labute approximate surface area is 106 Å². The van der Waals surface area contributed by atoms with Crippen molar-refractivity contribution in [3.05, 3.63) is 0 Å². The molecule has 0 aliphatic heterocycles. The molecule has 0 heterocycles. The summed E-state index contributed by atoms with van der Waals surface area (Å²) in [6, 6.07) is 0. The van der Waals surface area contributed by atoms with Crippen LogP contribution in [0, 0.1) is 11.8 Å². The zero-order valence-corrected chi connectivity index (χ0v) is 11.6. The fourth-order valence-electron chi connectivity index (χ4n) is 2.57. The lowest BCUT2D eigenvalue weighted by molar-refractivity contribution is -0.128. The van der Waals surface area contributed by atoms with Crippen LogP contribution >= 0.6 is 0 Å². The summed E-state index contributed by atoms with van der Waals surface area (Å²) in [7, 11) is 0. The Morgan fingerprint density at radius 2 is 1.94 bits per heavy atom. The zero-order valence-electron chi connectivity index (χ0n) is 11.6. The highest BCUT2D eigenvalue weighted by molar-refractivity contribution is 5.79. The molecule has 1 amide bonds. The standard InChI is InChI=1S/C14H28N2O/c1-4-14(3,9-10-15)16-13(17)12-7-5-11(2)6-8-12/h11-12H,4-10,15H2,1-3H3,(H,16,17). The van der Waals surface area contributed by atoms with Gasteiger partial charge in [-0.2, -0.15) is 0 Å². The SMILES string of the molecule is CCC(C)(CCN)NC(=O)C1CCC(C)CC1. The molecule has 0 spiro atoms. The number of carbonyl (C=O) groups excluding carboxylic acids is 1. The molecule has 3 heteroatoms. The largest absolute Gasteiger partial charge is 0.351 e. The molecule has 17 heavy (non-hydrogen) atoms. The zero-order chi connectivity index (χ0) is 12.9. The first kappa shape index (κ1) is 14.5. The van der Waals surface area contributed by atoms with E-state index >= 15 is 0 Å². The Morgan fingerprint density at radius 1 is 1.35 bits per heavy atom. The van der Waals surface area contributed by atoms with Gasteiger partial charge in [0.2, 0.25) is 5.91 Å². The average Bonchev–Trinajstić information content (AvgIpc) is 2.30. The summed E-state index contributed by atoms with van der Waals surface area (Å²) in [6.45, 7) is 7.12. The van der Waals surface area contributed by atoms with Crippen molar-refractivity contribution < 1.29 is 4.79 Å². The Kier molecular flexibility index (Phi) is 5.44. The predicted octanol–water partition coefficient (Wildman–Crippen LogP) is 2.45. The van der Waals surface area contributed by atoms with Crippen LogP contribution in [0.1, 0.15) is 59.3 Å². The van der Waals surface area contributed by atoms with Crippen LogP contribution in [-0.2, 0) is 4.79 Å². The maximum atomic E-state index is 12.2. The van der Waals surface area contributed by atoms with E-state index in [-0.39, 0.29) is 17.4 Å². The summed E-state index contributed by atoms with van der Waals surface area (Å²) in [5.41, 5.74) is 5.50. The molecule has 1 unspecified atom stereocenters. The number of hydrogen-bond donors (Lipinski definition) is 2. The number of carbonyl (C=O) groups is 1. The fourth-order valence-corrected chi connectivity index (χ4v) is 2.57. The minimum Gasteiger partial charge on any atom is -0.351 e. The van der Waals surface area contributed by atoms with Crippen LogP contribution in [0.5, 0.6) is 0 Å². The molecule has 1 aliphatic carbocycles. The van der Waals surface area contributed by atoms with Gasteiger partial charge in [-0.1, -0.05) is 13.8 Å². The Hall–Kier alpha value is -0.570. The van der Waals surface area contributed by atoms with Crippen molar-refractivity contribution in [1.82, 2.24) is 5.32 Å². The molecule has 1 rings (SSSR count). The average molecular weight is 240 g/mol. The number of nitrogens with one attached hydrogen (secondary N) is 1. The van der Waals surface area contributed by atoms with Crippen molar-refractivity contribution in [1.29, 1.82) is 0 Å². The van der Waals surface area contributed by atoms with Gasteiger partial charge in [-0.3, -0.25) is 4.79 Å². The van der Waals surface area contributed by atoms with Crippen molar-refractivity contribution in [2.24, 2.45) is 17.6 Å². The first-order valence-corrected chi connectivity index (χ1v) is 7.03. The van der Waals surface area contributed by atoms with Gasteiger partial charge < -0.3 is 11.1 Å². The molecule has 0 aromatic rings. The molecule has 1 saturated carbocycles. The second kappa shape index (κ2) is 6.39. The summed E-state index contributed by atoms with van der Waals surface area (Å²) < 4.78 is 0. The monoisotopic (exact) mass is 240 g/mol. The molecule has 3 N–H and O–H groups in total. The van der Waals surface area contributed by atoms with Gasteiger partial charge in [0.25, 0.3) is 0 Å². The summed E-state index contributed by atoms with van der Waals surface area (Å²) in [5.74, 6) is 1.27. The van der Waals surface area contributed by atoms with Crippen molar-refractivity contribution in [3.63, 3.8) is 0 Å². The molecular formula is C14H28N2O. The number of hydrogen-bond acceptors (Lipinski definition) is 2. The lowest BCUT2D eigenvalue weighted by Gasteiger charge is -2.33. The maximum absolute atomic E-state index is 12.2. The lowest BCUT2D eigenvalue weighted by Crippen LogP contribution is -2.49. The summed E-state index contributed by atoms with van der Waals surface area (Å²) in [4.78, 5) is 12.2. The lowest BCUT2D eigenvalue weighted by atomic mass is 9.82.